The number of allylic oxidation sites excluding steroid dienone is 5. The van der Waals surface area contributed by atoms with Crippen molar-refractivity contribution < 1.29 is 26.7 Å². The number of carbonyl (C=O) groups excluding carboxylic acids is 1. The molecule has 0 atom stereocenters. The van der Waals surface area contributed by atoms with Gasteiger partial charge in [-0.15, -0.1) is 0 Å². The van der Waals surface area contributed by atoms with Gasteiger partial charge in [0.2, 0.25) is 0 Å². The van der Waals surface area contributed by atoms with E-state index in [1.54, 1.807) is 24.3 Å². The molecule has 32 heavy (non-hydrogen) atoms. The Bertz CT molecular complexity index is 1270. The number of halogens is 2. The monoisotopic (exact) mass is 457 g/mol. The van der Waals surface area contributed by atoms with Crippen molar-refractivity contribution in [3.8, 4) is 5.75 Å². The highest BCUT2D eigenvalue weighted by atomic mass is 32.2. The maximum absolute atomic E-state index is 14.4. The predicted molar refractivity (Wildman–Crippen MR) is 116 cm³/mol. The smallest absolute Gasteiger partial charge is 0.268 e. The molecule has 1 amide bonds. The molecule has 0 fully saturated rings. The van der Waals surface area contributed by atoms with Gasteiger partial charge in [-0.2, -0.15) is 0 Å². The number of fused-ring (bicyclic) bond motifs is 1. The summed E-state index contributed by atoms with van der Waals surface area (Å²) in [7, 11) is -4.17. The number of benzene rings is 2. The van der Waals surface area contributed by atoms with Gasteiger partial charge >= 0.3 is 0 Å². The SMILES string of the molecule is CCC1=CC=C(C(=O)NS(=O)(=O)c2cccc3c2OCC3)CC=C1c1c(F)cccc1F. The normalized spacial score (nSPS) is 15.7. The minimum Gasteiger partial charge on any atom is -0.492 e. The third kappa shape index (κ3) is 4.10. The Kier molecular flexibility index (Phi) is 5.97. The Morgan fingerprint density at radius 3 is 2.53 bits per heavy atom. The van der Waals surface area contributed by atoms with E-state index in [0.717, 1.165) is 5.56 Å². The molecular formula is C24H21F2NO4S. The number of hydrogen-bond donors (Lipinski definition) is 1. The molecule has 0 saturated carbocycles. The number of para-hydroxylation sites is 1. The first-order valence-electron chi connectivity index (χ1n) is 10.2. The van der Waals surface area contributed by atoms with Crippen LogP contribution in [0, 0.1) is 11.6 Å². The number of ether oxygens (including phenoxy) is 1. The zero-order chi connectivity index (χ0) is 22.9. The fourth-order valence-electron chi connectivity index (χ4n) is 3.84. The van der Waals surface area contributed by atoms with Crippen molar-refractivity contribution in [3.63, 3.8) is 0 Å². The van der Waals surface area contributed by atoms with Crippen LogP contribution in [0.4, 0.5) is 8.78 Å². The van der Waals surface area contributed by atoms with Crippen LogP contribution in [0.1, 0.15) is 30.9 Å². The molecule has 1 heterocycles. The summed E-state index contributed by atoms with van der Waals surface area (Å²) in [5.41, 5.74) is 1.73. The van der Waals surface area contributed by atoms with Crippen molar-refractivity contribution in [1.29, 1.82) is 0 Å². The Morgan fingerprint density at radius 1 is 1.09 bits per heavy atom. The molecular weight excluding hydrogens is 436 g/mol. The topological polar surface area (TPSA) is 72.5 Å². The van der Waals surface area contributed by atoms with E-state index in [0.29, 0.717) is 30.6 Å². The molecule has 0 spiro atoms. The molecule has 0 bridgehead atoms. The molecule has 0 aromatic heterocycles. The lowest BCUT2D eigenvalue weighted by molar-refractivity contribution is -0.115. The molecule has 5 nitrogen and oxygen atoms in total. The van der Waals surface area contributed by atoms with Crippen LogP contribution in [-0.2, 0) is 21.2 Å². The zero-order valence-corrected chi connectivity index (χ0v) is 18.1. The molecule has 8 heteroatoms. The van der Waals surface area contributed by atoms with E-state index in [4.69, 9.17) is 4.74 Å². The highest BCUT2D eigenvalue weighted by Crippen LogP contribution is 2.34. The van der Waals surface area contributed by atoms with Crippen LogP contribution in [0.15, 0.2) is 70.7 Å². The van der Waals surface area contributed by atoms with Crippen LogP contribution >= 0.6 is 0 Å². The van der Waals surface area contributed by atoms with Crippen molar-refractivity contribution >= 4 is 21.5 Å². The van der Waals surface area contributed by atoms with Gasteiger partial charge in [-0.1, -0.05) is 43.4 Å². The Morgan fingerprint density at radius 2 is 1.81 bits per heavy atom. The number of carbonyl (C=O) groups is 1. The number of hydrogen-bond acceptors (Lipinski definition) is 4. The van der Waals surface area contributed by atoms with Gasteiger partial charge in [-0.3, -0.25) is 4.79 Å². The lowest BCUT2D eigenvalue weighted by Crippen LogP contribution is -2.31. The summed E-state index contributed by atoms with van der Waals surface area (Å²) < 4.78 is 62.0. The molecule has 0 unspecified atom stereocenters. The molecule has 0 radical (unpaired) electrons. The maximum Gasteiger partial charge on any atom is 0.268 e. The van der Waals surface area contributed by atoms with Gasteiger partial charge in [0.25, 0.3) is 15.9 Å². The third-order valence-corrected chi connectivity index (χ3v) is 6.81. The second-order valence-corrected chi connectivity index (χ2v) is 9.08. The molecule has 2 aromatic carbocycles. The van der Waals surface area contributed by atoms with E-state index in [1.807, 2.05) is 6.92 Å². The summed E-state index contributed by atoms with van der Waals surface area (Å²) in [6.07, 6.45) is 5.70. The van der Waals surface area contributed by atoms with Crippen LogP contribution in [0.3, 0.4) is 0 Å². The van der Waals surface area contributed by atoms with E-state index in [-0.39, 0.29) is 28.2 Å². The minimum atomic E-state index is -4.17. The van der Waals surface area contributed by atoms with Gasteiger partial charge in [-0.25, -0.2) is 21.9 Å². The van der Waals surface area contributed by atoms with Gasteiger partial charge < -0.3 is 4.74 Å². The average Bonchev–Trinajstić information content (AvgIpc) is 3.13. The number of nitrogens with one attached hydrogen (secondary N) is 1. The number of sulfonamides is 1. The molecule has 166 valence electrons. The first-order chi connectivity index (χ1) is 15.3. The van der Waals surface area contributed by atoms with Crippen LogP contribution in [0.2, 0.25) is 0 Å². The summed E-state index contributed by atoms with van der Waals surface area (Å²) in [6, 6.07) is 8.40. The summed E-state index contributed by atoms with van der Waals surface area (Å²) in [5, 5.41) is 0. The van der Waals surface area contributed by atoms with Crippen molar-refractivity contribution in [2.75, 3.05) is 6.61 Å². The van der Waals surface area contributed by atoms with Crippen LogP contribution in [0.25, 0.3) is 5.57 Å². The van der Waals surface area contributed by atoms with Gasteiger partial charge in [0.05, 0.1) is 12.2 Å². The molecule has 1 aliphatic heterocycles. The Balaban J connectivity index is 1.62. The second-order valence-electron chi connectivity index (χ2n) is 7.43. The summed E-state index contributed by atoms with van der Waals surface area (Å²) in [4.78, 5) is 12.7. The largest absolute Gasteiger partial charge is 0.492 e. The van der Waals surface area contributed by atoms with E-state index in [9.17, 15) is 22.0 Å². The maximum atomic E-state index is 14.4. The quantitative estimate of drug-likeness (QED) is 0.720. The number of amides is 1. The van der Waals surface area contributed by atoms with Gasteiger partial charge in [0.1, 0.15) is 22.3 Å². The minimum absolute atomic E-state index is 0.00780. The fraction of sp³-hybridized carbons (Fsp3) is 0.208. The molecule has 1 aliphatic carbocycles. The summed E-state index contributed by atoms with van der Waals surface area (Å²) in [6.45, 7) is 2.21. The number of rotatable bonds is 5. The van der Waals surface area contributed by atoms with Gasteiger partial charge in [0.15, 0.2) is 0 Å². The molecule has 1 N–H and O–H groups in total. The van der Waals surface area contributed by atoms with E-state index < -0.39 is 27.6 Å². The first-order valence-corrected chi connectivity index (χ1v) is 11.7. The lowest BCUT2D eigenvalue weighted by Gasteiger charge is -2.12. The van der Waals surface area contributed by atoms with E-state index in [2.05, 4.69) is 4.72 Å². The standard InChI is InChI=1S/C24H21F2NO4S/c1-2-15-9-10-17(11-12-18(15)22-19(25)6-4-7-20(22)26)24(28)27-32(29,30)21-8-3-5-16-13-14-31-23(16)21/h3-10,12H,2,11,13-14H2,1H3,(H,27,28). The molecule has 4 rings (SSSR count). The second kappa shape index (κ2) is 8.70. The fourth-order valence-corrected chi connectivity index (χ4v) is 5.01. The first kappa shape index (κ1) is 22.0. The highest BCUT2D eigenvalue weighted by molar-refractivity contribution is 7.90. The molecule has 0 saturated heterocycles. The zero-order valence-electron chi connectivity index (χ0n) is 17.3. The Labute approximate surface area is 185 Å². The summed E-state index contributed by atoms with van der Waals surface area (Å²) in [5.74, 6) is -1.96. The van der Waals surface area contributed by atoms with Crippen LogP contribution in [-0.4, -0.2) is 20.9 Å². The van der Waals surface area contributed by atoms with Crippen molar-refractivity contribution in [2.24, 2.45) is 0 Å². The van der Waals surface area contributed by atoms with Gasteiger partial charge in [0, 0.05) is 12.0 Å². The molecule has 2 aromatic rings. The Hall–Kier alpha value is -3.26. The average molecular weight is 457 g/mol. The van der Waals surface area contributed by atoms with Crippen molar-refractivity contribution in [1.82, 2.24) is 4.72 Å². The predicted octanol–water partition coefficient (Wildman–Crippen LogP) is 4.45. The van der Waals surface area contributed by atoms with E-state index >= 15 is 0 Å². The lowest BCUT2D eigenvalue weighted by atomic mass is 9.94. The summed E-state index contributed by atoms with van der Waals surface area (Å²) >= 11 is 0. The molecule has 2 aliphatic rings. The highest BCUT2D eigenvalue weighted by Gasteiger charge is 2.28. The van der Waals surface area contributed by atoms with Crippen molar-refractivity contribution in [2.45, 2.75) is 31.1 Å². The van der Waals surface area contributed by atoms with Crippen LogP contribution in [0.5, 0.6) is 5.75 Å². The third-order valence-electron chi connectivity index (χ3n) is 5.46. The van der Waals surface area contributed by atoms with Gasteiger partial charge in [-0.05, 0) is 47.8 Å². The van der Waals surface area contributed by atoms with Crippen molar-refractivity contribution in [3.05, 3.63) is 88.5 Å². The van der Waals surface area contributed by atoms with E-state index in [1.165, 1.54) is 30.3 Å². The van der Waals surface area contributed by atoms with Crippen LogP contribution < -0.4 is 9.46 Å².